The van der Waals surface area contributed by atoms with E-state index >= 15 is 0 Å². The van der Waals surface area contributed by atoms with E-state index in [4.69, 9.17) is 9.47 Å². The van der Waals surface area contributed by atoms with Crippen molar-refractivity contribution in [2.45, 2.75) is 44.9 Å². The molecule has 0 saturated carbocycles. The molecule has 2 aliphatic rings. The first-order valence-electron chi connectivity index (χ1n) is 9.90. The molecule has 0 bridgehead atoms. The van der Waals surface area contributed by atoms with Gasteiger partial charge in [-0.1, -0.05) is 18.6 Å². The topological polar surface area (TPSA) is 38.8 Å². The Kier molecular flexibility index (Phi) is 7.31. The first-order chi connectivity index (χ1) is 12.3. The van der Waals surface area contributed by atoms with E-state index in [1.807, 2.05) is 24.3 Å². The van der Waals surface area contributed by atoms with E-state index < -0.39 is 0 Å². The number of benzene rings is 1. The van der Waals surface area contributed by atoms with Gasteiger partial charge >= 0.3 is 0 Å². The zero-order valence-electron chi connectivity index (χ0n) is 15.3. The van der Waals surface area contributed by atoms with Crippen LogP contribution in [0, 0.1) is 5.92 Å². The second-order valence-electron chi connectivity index (χ2n) is 7.24. The summed E-state index contributed by atoms with van der Waals surface area (Å²) >= 11 is 0. The van der Waals surface area contributed by atoms with Crippen LogP contribution in [0.5, 0.6) is 5.75 Å². The molecular formula is C21H31NO3. The fourth-order valence-electron chi connectivity index (χ4n) is 3.75. The van der Waals surface area contributed by atoms with Crippen LogP contribution in [-0.4, -0.2) is 50.1 Å². The fraction of sp³-hybridized carbons (Fsp3) is 0.667. The van der Waals surface area contributed by atoms with Gasteiger partial charge in [0.15, 0.2) is 5.78 Å². The van der Waals surface area contributed by atoms with Crippen LogP contribution in [0.1, 0.15) is 55.3 Å². The van der Waals surface area contributed by atoms with E-state index in [-0.39, 0.29) is 11.7 Å². The Bertz CT molecular complexity index is 534. The molecule has 4 nitrogen and oxygen atoms in total. The molecule has 0 amide bonds. The van der Waals surface area contributed by atoms with E-state index in [2.05, 4.69) is 4.90 Å². The maximum atomic E-state index is 12.6. The summed E-state index contributed by atoms with van der Waals surface area (Å²) in [4.78, 5) is 15.2. The molecular weight excluding hydrogens is 314 g/mol. The Morgan fingerprint density at radius 3 is 2.72 bits per heavy atom. The number of unbranched alkanes of at least 4 members (excludes halogenated alkanes) is 1. The van der Waals surface area contributed by atoms with Gasteiger partial charge in [-0.15, -0.1) is 0 Å². The quantitative estimate of drug-likeness (QED) is 0.528. The first-order valence-corrected chi connectivity index (χ1v) is 9.90. The first kappa shape index (κ1) is 18.4. The highest BCUT2D eigenvalue weighted by Crippen LogP contribution is 2.22. The summed E-state index contributed by atoms with van der Waals surface area (Å²) in [5, 5.41) is 0. The molecule has 1 aromatic carbocycles. The summed E-state index contributed by atoms with van der Waals surface area (Å²) in [6.07, 6.45) is 8.01. The second-order valence-corrected chi connectivity index (χ2v) is 7.24. The van der Waals surface area contributed by atoms with Crippen LogP contribution in [0.3, 0.4) is 0 Å². The fourth-order valence-corrected chi connectivity index (χ4v) is 3.75. The Morgan fingerprint density at radius 2 is 1.92 bits per heavy atom. The van der Waals surface area contributed by atoms with Crippen LogP contribution < -0.4 is 4.74 Å². The molecule has 0 N–H and O–H groups in total. The normalized spacial score (nSPS) is 19.7. The summed E-state index contributed by atoms with van der Waals surface area (Å²) in [7, 11) is 0. The molecule has 3 rings (SSSR count). The van der Waals surface area contributed by atoms with Crippen LogP contribution >= 0.6 is 0 Å². The highest BCUT2D eigenvalue weighted by atomic mass is 16.5. The summed E-state index contributed by atoms with van der Waals surface area (Å²) in [6.45, 7) is 5.83. The number of carbonyl (C=O) groups is 1. The summed E-state index contributed by atoms with van der Waals surface area (Å²) in [5.41, 5.74) is 0.776. The van der Waals surface area contributed by atoms with Gasteiger partial charge in [0, 0.05) is 24.7 Å². The van der Waals surface area contributed by atoms with Crippen LogP contribution in [0.15, 0.2) is 24.3 Å². The van der Waals surface area contributed by atoms with Crippen molar-refractivity contribution in [1.82, 2.24) is 4.90 Å². The lowest BCUT2D eigenvalue weighted by molar-refractivity contribution is 0.0544. The van der Waals surface area contributed by atoms with Crippen molar-refractivity contribution in [2.75, 3.05) is 39.5 Å². The minimum atomic E-state index is 0.105. The highest BCUT2D eigenvalue weighted by Gasteiger charge is 2.22. The molecule has 2 aliphatic heterocycles. The maximum Gasteiger partial charge on any atom is 0.166 e. The third-order valence-electron chi connectivity index (χ3n) is 5.30. The molecule has 0 unspecified atom stereocenters. The van der Waals surface area contributed by atoms with Gasteiger partial charge in [-0.2, -0.15) is 0 Å². The zero-order valence-corrected chi connectivity index (χ0v) is 15.3. The predicted octanol–water partition coefficient (Wildman–Crippen LogP) is 3.94. The Labute approximate surface area is 151 Å². The molecule has 25 heavy (non-hydrogen) atoms. The van der Waals surface area contributed by atoms with Crippen LogP contribution in [0.4, 0.5) is 0 Å². The molecule has 138 valence electrons. The van der Waals surface area contributed by atoms with E-state index in [0.717, 1.165) is 37.2 Å². The lowest BCUT2D eigenvalue weighted by atomic mass is 9.91. The van der Waals surface area contributed by atoms with Gasteiger partial charge in [0.05, 0.1) is 6.61 Å². The average molecular weight is 345 g/mol. The molecule has 4 heteroatoms. The average Bonchev–Trinajstić information content (AvgIpc) is 2.69. The van der Waals surface area contributed by atoms with Gasteiger partial charge in [-0.3, -0.25) is 4.79 Å². The second kappa shape index (κ2) is 9.93. The number of rotatable bonds is 8. The molecule has 2 heterocycles. The van der Waals surface area contributed by atoms with Gasteiger partial charge in [0.1, 0.15) is 5.75 Å². The molecule has 0 radical (unpaired) electrons. The van der Waals surface area contributed by atoms with Crippen LogP contribution in [0.25, 0.3) is 0 Å². The van der Waals surface area contributed by atoms with E-state index in [1.54, 1.807) is 0 Å². The molecule has 2 fully saturated rings. The molecule has 0 aliphatic carbocycles. The van der Waals surface area contributed by atoms with Crippen molar-refractivity contribution in [2.24, 2.45) is 5.92 Å². The van der Waals surface area contributed by atoms with Crippen molar-refractivity contribution in [3.05, 3.63) is 29.8 Å². The molecule has 0 atom stereocenters. The molecule has 0 aromatic heterocycles. The Balaban J connectivity index is 1.39. The maximum absolute atomic E-state index is 12.6. The number of hydrogen-bond acceptors (Lipinski definition) is 4. The lowest BCUT2D eigenvalue weighted by Gasteiger charge is -2.26. The van der Waals surface area contributed by atoms with Crippen LogP contribution in [-0.2, 0) is 4.74 Å². The summed E-state index contributed by atoms with van der Waals surface area (Å²) < 4.78 is 11.2. The molecule has 1 aromatic rings. The summed E-state index contributed by atoms with van der Waals surface area (Å²) in [5.74, 6) is 1.16. The number of ketones is 1. The Hall–Kier alpha value is -1.39. The van der Waals surface area contributed by atoms with Gasteiger partial charge in [0.25, 0.3) is 0 Å². The van der Waals surface area contributed by atoms with Gasteiger partial charge in [-0.05, 0) is 70.3 Å². The van der Waals surface area contributed by atoms with E-state index in [0.29, 0.717) is 13.2 Å². The molecule has 2 saturated heterocycles. The smallest absolute Gasteiger partial charge is 0.166 e. The number of carbonyl (C=O) groups excluding carboxylic acids is 1. The predicted molar refractivity (Wildman–Crippen MR) is 99.3 cm³/mol. The Morgan fingerprint density at radius 1 is 1.12 bits per heavy atom. The zero-order chi connectivity index (χ0) is 17.3. The van der Waals surface area contributed by atoms with Crippen molar-refractivity contribution in [1.29, 1.82) is 0 Å². The van der Waals surface area contributed by atoms with Crippen LogP contribution in [0.2, 0.25) is 0 Å². The minimum absolute atomic E-state index is 0.105. The highest BCUT2D eigenvalue weighted by molar-refractivity contribution is 5.98. The van der Waals surface area contributed by atoms with Crippen molar-refractivity contribution in [3.63, 3.8) is 0 Å². The third kappa shape index (κ3) is 5.82. The number of ether oxygens (including phenoxy) is 2. The van der Waals surface area contributed by atoms with E-state index in [9.17, 15) is 4.79 Å². The van der Waals surface area contributed by atoms with Crippen molar-refractivity contribution < 1.29 is 14.3 Å². The third-order valence-corrected chi connectivity index (χ3v) is 5.30. The van der Waals surface area contributed by atoms with Crippen molar-refractivity contribution >= 4 is 5.78 Å². The number of nitrogens with zero attached hydrogens (tertiary/aromatic N) is 1. The number of piperidine rings is 1. The van der Waals surface area contributed by atoms with Gasteiger partial charge in [0.2, 0.25) is 0 Å². The largest absolute Gasteiger partial charge is 0.494 e. The number of Topliss-reactive ketones (excluding diaryl/α,β-unsaturated/α-hetero) is 1. The molecule has 0 spiro atoms. The van der Waals surface area contributed by atoms with Gasteiger partial charge in [-0.25, -0.2) is 0 Å². The monoisotopic (exact) mass is 345 g/mol. The van der Waals surface area contributed by atoms with Gasteiger partial charge < -0.3 is 14.4 Å². The summed E-state index contributed by atoms with van der Waals surface area (Å²) in [6, 6.07) is 7.68. The SMILES string of the molecule is O=C(c1cccc(OCCCCN2CCCCC2)c1)C1CCOCC1. The standard InChI is InChI=1S/C21H31NO3/c23-21(18-9-15-24-16-10-18)19-7-6-8-20(17-19)25-14-5-4-13-22-11-2-1-3-12-22/h6-8,17-18H,1-5,9-16H2. The minimum Gasteiger partial charge on any atom is -0.494 e. The van der Waals surface area contributed by atoms with Crippen molar-refractivity contribution in [3.8, 4) is 5.75 Å². The number of hydrogen-bond donors (Lipinski definition) is 0. The van der Waals surface area contributed by atoms with E-state index in [1.165, 1.54) is 45.3 Å². The number of likely N-dealkylation sites (tertiary alicyclic amines) is 1. The lowest BCUT2D eigenvalue weighted by Crippen LogP contribution is -2.30.